The standard InChI is InChI=1S/C17H17BrN4O.2C2HF3O2/c18-14-9-15-17(19-10-14)21-16(20-15)13-3-1-12(2-4-13)11-22-5-7-23-8-6-22;2*3-2(4,5)1(6)7/h1-4,9-10H,5-8,11H2,(H,19,20,21);2*(H,6,7). The van der Waals surface area contributed by atoms with E-state index in [0.717, 1.165) is 59.9 Å². The van der Waals surface area contributed by atoms with Gasteiger partial charge in [-0.15, -0.1) is 0 Å². The molecule has 3 aromatic rings. The van der Waals surface area contributed by atoms with E-state index in [1.54, 1.807) is 6.20 Å². The minimum Gasteiger partial charge on any atom is -0.475 e. The van der Waals surface area contributed by atoms with Gasteiger partial charge in [0.25, 0.3) is 0 Å². The summed E-state index contributed by atoms with van der Waals surface area (Å²) in [5.74, 6) is -4.66. The third-order valence-corrected chi connectivity index (χ3v) is 4.96. The van der Waals surface area contributed by atoms with Crippen LogP contribution in [0.4, 0.5) is 26.3 Å². The van der Waals surface area contributed by atoms with Gasteiger partial charge in [-0.05, 0) is 27.6 Å². The summed E-state index contributed by atoms with van der Waals surface area (Å²) in [6.07, 6.45) is -8.40. The number of hydrogen-bond acceptors (Lipinski definition) is 6. The van der Waals surface area contributed by atoms with Crippen LogP contribution in [0.5, 0.6) is 0 Å². The number of carboxylic acids is 2. The van der Waals surface area contributed by atoms with Crippen molar-refractivity contribution >= 4 is 39.0 Å². The van der Waals surface area contributed by atoms with Crippen LogP contribution < -0.4 is 0 Å². The lowest BCUT2D eigenvalue weighted by Gasteiger charge is -2.26. The van der Waals surface area contributed by atoms with Gasteiger partial charge in [0.15, 0.2) is 5.65 Å². The molecule has 3 heterocycles. The molecule has 16 heteroatoms. The number of aromatic amines is 1. The van der Waals surface area contributed by atoms with E-state index in [1.807, 2.05) is 6.07 Å². The number of rotatable bonds is 3. The van der Waals surface area contributed by atoms with Gasteiger partial charge in [0.05, 0.1) is 18.7 Å². The summed E-state index contributed by atoms with van der Waals surface area (Å²) in [4.78, 5) is 32.4. The predicted octanol–water partition coefficient (Wildman–Crippen LogP) is 4.49. The van der Waals surface area contributed by atoms with Crippen molar-refractivity contribution in [3.05, 3.63) is 46.6 Å². The summed E-state index contributed by atoms with van der Waals surface area (Å²) in [5.41, 5.74) is 4.06. The number of carbonyl (C=O) groups is 2. The summed E-state index contributed by atoms with van der Waals surface area (Å²) in [6.45, 7) is 4.65. The average molecular weight is 601 g/mol. The molecular weight excluding hydrogens is 582 g/mol. The molecule has 1 saturated heterocycles. The molecule has 0 spiro atoms. The number of carboxylic acid groups (broad SMARTS) is 2. The molecule has 1 aliphatic rings. The van der Waals surface area contributed by atoms with Gasteiger partial charge in [-0.1, -0.05) is 24.3 Å². The van der Waals surface area contributed by atoms with Gasteiger partial charge < -0.3 is 19.9 Å². The Bertz CT molecular complexity index is 1170. The Hall–Kier alpha value is -3.24. The number of hydrogen-bond donors (Lipinski definition) is 3. The molecule has 202 valence electrons. The van der Waals surface area contributed by atoms with E-state index in [-0.39, 0.29) is 0 Å². The summed E-state index contributed by atoms with van der Waals surface area (Å²) < 4.78 is 69.8. The van der Waals surface area contributed by atoms with Crippen LogP contribution in [0.15, 0.2) is 41.0 Å². The highest BCUT2D eigenvalue weighted by Crippen LogP contribution is 2.22. The summed E-state index contributed by atoms with van der Waals surface area (Å²) in [6, 6.07) is 10.6. The van der Waals surface area contributed by atoms with Crippen molar-refractivity contribution in [2.45, 2.75) is 18.9 Å². The number of aromatic nitrogens is 3. The van der Waals surface area contributed by atoms with E-state index >= 15 is 0 Å². The van der Waals surface area contributed by atoms with Crippen molar-refractivity contribution in [1.82, 2.24) is 19.9 Å². The number of halogens is 7. The van der Waals surface area contributed by atoms with Gasteiger partial charge in [-0.3, -0.25) is 4.90 Å². The molecule has 2 aromatic heterocycles. The lowest BCUT2D eigenvalue weighted by atomic mass is 10.1. The maximum Gasteiger partial charge on any atom is 0.490 e. The van der Waals surface area contributed by atoms with Crippen molar-refractivity contribution in [2.75, 3.05) is 26.3 Å². The fourth-order valence-corrected chi connectivity index (χ4v) is 3.13. The third kappa shape index (κ3) is 9.97. The van der Waals surface area contributed by atoms with Crippen molar-refractivity contribution in [3.63, 3.8) is 0 Å². The predicted molar refractivity (Wildman–Crippen MR) is 121 cm³/mol. The monoisotopic (exact) mass is 600 g/mol. The molecule has 3 N–H and O–H groups in total. The average Bonchev–Trinajstić information content (AvgIpc) is 3.23. The van der Waals surface area contributed by atoms with Crippen LogP contribution in [-0.2, 0) is 20.9 Å². The topological polar surface area (TPSA) is 129 Å². The smallest absolute Gasteiger partial charge is 0.475 e. The molecule has 0 atom stereocenters. The van der Waals surface area contributed by atoms with Gasteiger partial charge in [0.1, 0.15) is 5.82 Å². The number of H-pyrrole nitrogens is 1. The lowest BCUT2D eigenvalue weighted by Crippen LogP contribution is -2.35. The first-order valence-corrected chi connectivity index (χ1v) is 11.0. The van der Waals surface area contributed by atoms with Crippen LogP contribution in [-0.4, -0.2) is 80.7 Å². The van der Waals surface area contributed by atoms with E-state index in [9.17, 15) is 26.3 Å². The first kappa shape index (κ1) is 30.0. The number of alkyl halides is 6. The Morgan fingerprint density at radius 1 is 1.00 bits per heavy atom. The van der Waals surface area contributed by atoms with Crippen molar-refractivity contribution in [1.29, 1.82) is 0 Å². The normalized spacial score (nSPS) is 14.2. The Morgan fingerprint density at radius 3 is 2.00 bits per heavy atom. The quantitative estimate of drug-likeness (QED) is 0.375. The maximum absolute atomic E-state index is 10.6. The van der Waals surface area contributed by atoms with E-state index in [0.29, 0.717) is 0 Å². The van der Waals surface area contributed by atoms with E-state index < -0.39 is 24.3 Å². The second-order valence-corrected chi connectivity index (χ2v) is 8.22. The van der Waals surface area contributed by atoms with Crippen LogP contribution in [0.1, 0.15) is 5.56 Å². The van der Waals surface area contributed by atoms with E-state index in [4.69, 9.17) is 24.5 Å². The molecule has 1 aliphatic heterocycles. The molecule has 1 fully saturated rings. The lowest BCUT2D eigenvalue weighted by molar-refractivity contribution is -0.193. The fourth-order valence-electron chi connectivity index (χ4n) is 2.80. The molecule has 1 aromatic carbocycles. The second kappa shape index (κ2) is 12.8. The Labute approximate surface area is 213 Å². The van der Waals surface area contributed by atoms with Crippen molar-refractivity contribution in [2.24, 2.45) is 0 Å². The van der Waals surface area contributed by atoms with Crippen LogP contribution in [0.25, 0.3) is 22.6 Å². The number of benzene rings is 1. The largest absolute Gasteiger partial charge is 0.490 e. The zero-order valence-electron chi connectivity index (χ0n) is 18.6. The number of pyridine rings is 1. The van der Waals surface area contributed by atoms with E-state index in [1.165, 1.54) is 5.56 Å². The Morgan fingerprint density at radius 2 is 1.51 bits per heavy atom. The van der Waals surface area contributed by atoms with Crippen molar-refractivity contribution in [3.8, 4) is 11.4 Å². The molecule has 0 bridgehead atoms. The maximum atomic E-state index is 10.6. The van der Waals surface area contributed by atoms with Crippen LogP contribution in [0.2, 0.25) is 0 Å². The highest BCUT2D eigenvalue weighted by molar-refractivity contribution is 9.10. The zero-order valence-corrected chi connectivity index (χ0v) is 20.2. The van der Waals surface area contributed by atoms with E-state index in [2.05, 4.69) is 60.0 Å². The Balaban J connectivity index is 0.000000286. The fraction of sp³-hybridized carbons (Fsp3) is 0.333. The number of fused-ring (bicyclic) bond motifs is 1. The number of nitrogens with one attached hydrogen (secondary N) is 1. The summed E-state index contributed by atoms with van der Waals surface area (Å²) in [5, 5.41) is 14.2. The molecule has 37 heavy (non-hydrogen) atoms. The van der Waals surface area contributed by atoms with Crippen LogP contribution >= 0.6 is 15.9 Å². The highest BCUT2D eigenvalue weighted by Gasteiger charge is 2.38. The molecule has 0 saturated carbocycles. The number of aliphatic carboxylic acids is 2. The molecule has 0 aliphatic carbocycles. The number of morpholine rings is 1. The number of ether oxygens (including phenoxy) is 1. The zero-order chi connectivity index (χ0) is 27.8. The summed E-state index contributed by atoms with van der Waals surface area (Å²) in [7, 11) is 0. The first-order chi connectivity index (χ1) is 17.2. The van der Waals surface area contributed by atoms with Crippen LogP contribution in [0.3, 0.4) is 0 Å². The van der Waals surface area contributed by atoms with Gasteiger partial charge in [0.2, 0.25) is 0 Å². The number of imidazole rings is 1. The van der Waals surface area contributed by atoms with Gasteiger partial charge >= 0.3 is 24.3 Å². The second-order valence-electron chi connectivity index (χ2n) is 7.30. The molecule has 0 radical (unpaired) electrons. The van der Waals surface area contributed by atoms with Crippen molar-refractivity contribution < 1.29 is 50.9 Å². The highest BCUT2D eigenvalue weighted by atomic mass is 79.9. The van der Waals surface area contributed by atoms with Gasteiger partial charge in [-0.25, -0.2) is 19.6 Å². The first-order valence-electron chi connectivity index (χ1n) is 10.2. The Kier molecular flexibility index (Phi) is 10.4. The molecule has 0 unspecified atom stereocenters. The van der Waals surface area contributed by atoms with Gasteiger partial charge in [-0.2, -0.15) is 26.3 Å². The minimum absolute atomic E-state index is 0.737. The summed E-state index contributed by atoms with van der Waals surface area (Å²) >= 11 is 3.43. The minimum atomic E-state index is -5.08. The molecular formula is C21H19BrF6N4O5. The van der Waals surface area contributed by atoms with Crippen LogP contribution in [0, 0.1) is 0 Å². The number of nitrogens with zero attached hydrogens (tertiary/aromatic N) is 3. The van der Waals surface area contributed by atoms with Gasteiger partial charge in [0, 0.05) is 35.9 Å². The molecule has 0 amide bonds. The molecule has 4 rings (SSSR count). The molecule has 9 nitrogen and oxygen atoms in total. The third-order valence-electron chi connectivity index (χ3n) is 4.53. The SMILES string of the molecule is Brc1cnc2nc(-c3ccc(CN4CCOCC4)cc3)[nH]c2c1.O=C(O)C(F)(F)F.O=C(O)C(F)(F)F.